The van der Waals surface area contributed by atoms with Crippen LogP contribution >= 0.6 is 0 Å². The third-order valence-electron chi connectivity index (χ3n) is 2.71. The first-order valence-electron chi connectivity index (χ1n) is 7.65. The van der Waals surface area contributed by atoms with Gasteiger partial charge < -0.3 is 15.3 Å². The average Bonchev–Trinajstić information content (AvgIpc) is 2.57. The molecule has 0 spiro atoms. The van der Waals surface area contributed by atoms with Gasteiger partial charge >= 0.3 is 51.4 Å². The zero-order chi connectivity index (χ0) is 17.4. The molecule has 1 saturated heterocycles. The molecule has 0 aromatic carbocycles. The molecule has 1 rings (SSSR count). The van der Waals surface area contributed by atoms with Crippen molar-refractivity contribution >= 4 is 11.9 Å². The van der Waals surface area contributed by atoms with Gasteiger partial charge in [0.2, 0.25) is 0 Å². The average molecular weight is 340 g/mol. The SMILES string of the molecule is C=C/C(C#N)=C\N=[C-]CC.CC.[CH-]=C1CN(CC)CCC1=N.[K+]. The molecule has 0 radical (unpaired) electrons. The molecule has 0 aromatic heterocycles. The van der Waals surface area contributed by atoms with E-state index < -0.39 is 0 Å². The van der Waals surface area contributed by atoms with E-state index in [2.05, 4.69) is 29.6 Å². The van der Waals surface area contributed by atoms with Gasteiger partial charge in [-0.25, -0.2) is 0 Å². The van der Waals surface area contributed by atoms with Crippen LogP contribution in [0.25, 0.3) is 0 Å². The van der Waals surface area contributed by atoms with E-state index in [0.717, 1.165) is 38.0 Å². The fourth-order valence-electron chi connectivity index (χ4n) is 1.45. The Bertz CT molecular complexity index is 444. The Balaban J connectivity index is -0.000000302. The van der Waals surface area contributed by atoms with Crippen molar-refractivity contribution in [3.63, 3.8) is 0 Å². The molecule has 1 N–H and O–H groups in total. The molecular weight excluding hydrogens is 311 g/mol. The second kappa shape index (κ2) is 19.7. The van der Waals surface area contributed by atoms with Crippen LogP contribution in [0.15, 0.2) is 35.0 Å². The molecule has 0 aromatic rings. The van der Waals surface area contributed by atoms with Gasteiger partial charge in [0.15, 0.2) is 0 Å². The van der Waals surface area contributed by atoms with Crippen LogP contribution in [-0.2, 0) is 0 Å². The summed E-state index contributed by atoms with van der Waals surface area (Å²) in [5.74, 6) is 0. The molecule has 5 heteroatoms. The van der Waals surface area contributed by atoms with E-state index in [9.17, 15) is 0 Å². The molecule has 1 aliphatic heterocycles. The van der Waals surface area contributed by atoms with Crippen LogP contribution in [0.5, 0.6) is 0 Å². The van der Waals surface area contributed by atoms with E-state index in [-0.39, 0.29) is 51.4 Å². The number of nitrogens with zero attached hydrogens (tertiary/aromatic N) is 3. The van der Waals surface area contributed by atoms with Gasteiger partial charge in [0.1, 0.15) is 0 Å². The number of hydrogen-bond acceptors (Lipinski definition) is 4. The third-order valence-corrected chi connectivity index (χ3v) is 2.71. The number of nitrogens with one attached hydrogen (secondary N) is 1. The summed E-state index contributed by atoms with van der Waals surface area (Å²) in [6.45, 7) is 19.9. The van der Waals surface area contributed by atoms with Gasteiger partial charge in [-0.05, 0) is 25.2 Å². The van der Waals surface area contributed by atoms with Crippen molar-refractivity contribution in [2.24, 2.45) is 4.99 Å². The van der Waals surface area contributed by atoms with Crippen LogP contribution < -0.4 is 51.4 Å². The third kappa shape index (κ3) is 14.9. The topological polar surface area (TPSA) is 63.2 Å². The van der Waals surface area contributed by atoms with Crippen molar-refractivity contribution in [2.75, 3.05) is 19.6 Å². The Labute approximate surface area is 185 Å². The van der Waals surface area contributed by atoms with E-state index in [4.69, 9.17) is 17.3 Å². The van der Waals surface area contributed by atoms with Crippen molar-refractivity contribution in [3.05, 3.63) is 36.6 Å². The number of aliphatic imine (C=N–C) groups is 1. The van der Waals surface area contributed by atoms with Crippen LogP contribution in [0.4, 0.5) is 0 Å². The summed E-state index contributed by atoms with van der Waals surface area (Å²) in [6, 6.07) is 1.92. The zero-order valence-corrected chi connectivity index (χ0v) is 18.4. The van der Waals surface area contributed by atoms with Crippen molar-refractivity contribution in [3.8, 4) is 6.07 Å². The first-order valence-corrected chi connectivity index (χ1v) is 7.65. The smallest absolute Gasteiger partial charge is 0.462 e. The standard InChI is InChI=1S/C8H13N2.C8H9N2.C2H6.K/c1-3-10-5-4-8(9)7(2)6-10;1-3-5-10-7-8(4-2)6-9;1-2;/h2,9H,3-6H2,1H3;4,7H,2-3H2,1H3;1-2H3;/q2*-1;;+1/b;8-7+;;. The fourth-order valence-corrected chi connectivity index (χ4v) is 1.45. The first kappa shape index (κ1) is 27.5. The molecule has 0 atom stereocenters. The number of likely N-dealkylation sites (N-methyl/N-ethyl adjacent to an activating group) is 1. The van der Waals surface area contributed by atoms with E-state index in [1.807, 2.05) is 26.8 Å². The number of piperidine rings is 1. The van der Waals surface area contributed by atoms with E-state index in [1.54, 1.807) is 0 Å². The minimum atomic E-state index is 0. The Morgan fingerprint density at radius 2 is 2.13 bits per heavy atom. The maximum atomic E-state index is 8.35. The predicted molar refractivity (Wildman–Crippen MR) is 95.2 cm³/mol. The number of likely N-dealkylation sites (tertiary alicyclic amines) is 1. The number of nitriles is 1. The van der Waals surface area contributed by atoms with Crippen molar-refractivity contribution in [2.45, 2.75) is 40.5 Å². The Morgan fingerprint density at radius 1 is 1.52 bits per heavy atom. The molecule has 4 nitrogen and oxygen atoms in total. The van der Waals surface area contributed by atoms with Crippen LogP contribution in [0.3, 0.4) is 0 Å². The van der Waals surface area contributed by atoms with E-state index in [0.29, 0.717) is 11.3 Å². The summed E-state index contributed by atoms with van der Waals surface area (Å²) in [5, 5.41) is 15.7. The molecule has 0 saturated carbocycles. The fraction of sp³-hybridized carbons (Fsp3) is 0.500. The monoisotopic (exact) mass is 339 g/mol. The second-order valence-corrected chi connectivity index (χ2v) is 4.16. The first-order chi connectivity index (χ1) is 10.6. The molecule has 1 heterocycles. The molecule has 0 aliphatic carbocycles. The molecular formula is C18H28KN4-. The van der Waals surface area contributed by atoms with Gasteiger partial charge in [0, 0.05) is 0 Å². The van der Waals surface area contributed by atoms with Crippen molar-refractivity contribution in [1.29, 1.82) is 10.7 Å². The molecule has 1 fully saturated rings. The summed E-state index contributed by atoms with van der Waals surface area (Å²) in [6.07, 6.45) is 7.17. The molecule has 0 unspecified atom stereocenters. The van der Waals surface area contributed by atoms with Crippen LogP contribution in [0.1, 0.15) is 40.5 Å². The molecule has 0 bridgehead atoms. The molecule has 23 heavy (non-hydrogen) atoms. The molecule has 0 amide bonds. The summed E-state index contributed by atoms with van der Waals surface area (Å²) in [7, 11) is 0. The number of hydrogen-bond donors (Lipinski definition) is 1. The number of allylic oxidation sites excluding steroid dienone is 2. The van der Waals surface area contributed by atoms with Gasteiger partial charge in [-0.1, -0.05) is 53.2 Å². The minimum Gasteiger partial charge on any atom is -0.462 e. The zero-order valence-electron chi connectivity index (χ0n) is 15.3. The van der Waals surface area contributed by atoms with Crippen molar-refractivity contribution in [1.82, 2.24) is 4.90 Å². The van der Waals surface area contributed by atoms with Gasteiger partial charge in [-0.2, -0.15) is 17.0 Å². The summed E-state index contributed by atoms with van der Waals surface area (Å²) in [4.78, 5) is 5.97. The Hall–Kier alpha value is -0.354. The Kier molecular flexibility index (Phi) is 23.5. The maximum absolute atomic E-state index is 8.35. The largest absolute Gasteiger partial charge is 1.00 e. The van der Waals surface area contributed by atoms with Gasteiger partial charge in [-0.3, -0.25) is 6.58 Å². The van der Waals surface area contributed by atoms with Crippen LogP contribution in [0.2, 0.25) is 0 Å². The predicted octanol–water partition coefficient (Wildman–Crippen LogP) is 1.06. The summed E-state index contributed by atoms with van der Waals surface area (Å²) in [5.41, 5.74) is 1.83. The number of rotatable bonds is 4. The van der Waals surface area contributed by atoms with E-state index >= 15 is 0 Å². The quantitative estimate of drug-likeness (QED) is 0.274. The van der Waals surface area contributed by atoms with Gasteiger partial charge in [0.05, 0.1) is 6.07 Å². The normalized spacial score (nSPS) is 14.7. The van der Waals surface area contributed by atoms with E-state index in [1.165, 1.54) is 12.3 Å². The van der Waals surface area contributed by atoms with Gasteiger partial charge in [0.25, 0.3) is 0 Å². The van der Waals surface area contributed by atoms with Crippen LogP contribution in [0, 0.1) is 23.3 Å². The minimum absolute atomic E-state index is 0. The van der Waals surface area contributed by atoms with Crippen molar-refractivity contribution < 1.29 is 51.4 Å². The maximum Gasteiger partial charge on any atom is 1.00 e. The molecule has 1 aliphatic rings. The van der Waals surface area contributed by atoms with Gasteiger partial charge in [-0.15, -0.1) is 11.9 Å². The Morgan fingerprint density at radius 3 is 2.52 bits per heavy atom. The second-order valence-electron chi connectivity index (χ2n) is 4.16. The molecule has 122 valence electrons. The summed E-state index contributed by atoms with van der Waals surface area (Å²) >= 11 is 0. The van der Waals surface area contributed by atoms with Crippen LogP contribution in [-0.4, -0.2) is 36.5 Å². The summed E-state index contributed by atoms with van der Waals surface area (Å²) < 4.78 is 0.